The van der Waals surface area contributed by atoms with E-state index in [4.69, 9.17) is 0 Å². The second kappa shape index (κ2) is 6.78. The van der Waals surface area contributed by atoms with Gasteiger partial charge < -0.3 is 10.2 Å². The predicted octanol–water partition coefficient (Wildman–Crippen LogP) is 3.71. The molecule has 1 saturated carbocycles. The van der Waals surface area contributed by atoms with Crippen LogP contribution in [0.1, 0.15) is 51.4 Å². The van der Waals surface area contributed by atoms with Crippen LogP contribution in [0.25, 0.3) is 0 Å². The fourth-order valence-electron chi connectivity index (χ4n) is 4.37. The van der Waals surface area contributed by atoms with E-state index in [0.29, 0.717) is 25.7 Å². The van der Waals surface area contributed by atoms with Crippen LogP contribution < -0.4 is 0 Å². The molecule has 0 aromatic carbocycles. The Morgan fingerprint density at radius 2 is 1.32 bits per heavy atom. The molecule has 124 valence electrons. The third-order valence-corrected chi connectivity index (χ3v) is 7.89. The normalized spacial score (nSPS) is 32.8. The van der Waals surface area contributed by atoms with Gasteiger partial charge in [-0.15, -0.1) is 0 Å². The number of hydrogen-bond donors (Lipinski definition) is 2. The summed E-state index contributed by atoms with van der Waals surface area (Å²) in [6.45, 7) is 0. The molecule has 0 bridgehead atoms. The average Bonchev–Trinajstić information content (AvgIpc) is 2.57. The van der Waals surface area contributed by atoms with Gasteiger partial charge in [0.25, 0.3) is 0 Å². The monoisotopic (exact) mass is 342 g/mol. The van der Waals surface area contributed by atoms with E-state index < -0.39 is 17.0 Å². The van der Waals surface area contributed by atoms with Crippen LogP contribution in [0, 0.1) is 5.41 Å². The Kier molecular flexibility index (Phi) is 5.15. The Bertz CT molecular complexity index is 449. The van der Waals surface area contributed by atoms with Crippen LogP contribution in [-0.4, -0.2) is 44.8 Å². The van der Waals surface area contributed by atoms with Gasteiger partial charge in [-0.2, -0.15) is 23.5 Å². The fraction of sp³-hybridized carbons (Fsp3) is 0.824. The highest BCUT2D eigenvalue weighted by Crippen LogP contribution is 2.51. The third-order valence-electron chi connectivity index (χ3n) is 5.92. The summed E-state index contributed by atoms with van der Waals surface area (Å²) in [5.74, 6) is 3.39. The number of rotatable bonds is 2. The lowest BCUT2D eigenvalue weighted by Gasteiger charge is -2.49. The number of aliphatic hydroxyl groups is 1. The van der Waals surface area contributed by atoms with Crippen LogP contribution in [0.2, 0.25) is 0 Å². The standard InChI is InChI=1S/C17H26O3S2/c18-15(19)16(7-11-22-12-8-16)17(20)5-1-13(2-6-17)14-3-9-21-10-4-14/h20H,1-12H2,(H,18,19). The van der Waals surface area contributed by atoms with Gasteiger partial charge in [0, 0.05) is 0 Å². The molecule has 1 aliphatic carbocycles. The van der Waals surface area contributed by atoms with Crippen molar-refractivity contribution < 1.29 is 15.0 Å². The van der Waals surface area contributed by atoms with E-state index in [-0.39, 0.29) is 0 Å². The molecule has 0 radical (unpaired) electrons. The minimum Gasteiger partial charge on any atom is -0.481 e. The van der Waals surface area contributed by atoms with Gasteiger partial charge in [0.1, 0.15) is 0 Å². The van der Waals surface area contributed by atoms with Crippen molar-refractivity contribution >= 4 is 29.5 Å². The Morgan fingerprint density at radius 1 is 0.818 bits per heavy atom. The van der Waals surface area contributed by atoms with E-state index in [1.807, 2.05) is 23.5 Å². The molecule has 2 N–H and O–H groups in total. The van der Waals surface area contributed by atoms with Gasteiger partial charge in [-0.3, -0.25) is 4.79 Å². The Morgan fingerprint density at radius 3 is 1.86 bits per heavy atom. The van der Waals surface area contributed by atoms with Gasteiger partial charge >= 0.3 is 5.97 Å². The molecule has 5 heteroatoms. The lowest BCUT2D eigenvalue weighted by Crippen LogP contribution is -2.56. The number of hydrogen-bond acceptors (Lipinski definition) is 4. The zero-order chi connectivity index (χ0) is 15.6. The number of allylic oxidation sites excluding steroid dienone is 2. The molecule has 0 unspecified atom stereocenters. The van der Waals surface area contributed by atoms with Gasteiger partial charge in [-0.25, -0.2) is 0 Å². The highest BCUT2D eigenvalue weighted by atomic mass is 32.2. The van der Waals surface area contributed by atoms with Crippen LogP contribution in [0.5, 0.6) is 0 Å². The van der Waals surface area contributed by atoms with Crippen molar-refractivity contribution in [2.75, 3.05) is 23.0 Å². The van der Waals surface area contributed by atoms with Crippen molar-refractivity contribution in [2.24, 2.45) is 5.41 Å². The summed E-state index contributed by atoms with van der Waals surface area (Å²) in [4.78, 5) is 12.0. The Hall–Kier alpha value is -0.130. The molecule has 3 aliphatic rings. The fourth-order valence-corrected chi connectivity index (χ4v) is 6.54. The molecule has 0 aromatic rings. The molecular formula is C17H26O3S2. The van der Waals surface area contributed by atoms with Crippen molar-refractivity contribution in [1.82, 2.24) is 0 Å². The predicted molar refractivity (Wildman–Crippen MR) is 93.6 cm³/mol. The summed E-state index contributed by atoms with van der Waals surface area (Å²) < 4.78 is 0. The molecule has 3 nitrogen and oxygen atoms in total. The quantitative estimate of drug-likeness (QED) is 0.749. The molecule has 0 amide bonds. The molecule has 3 fully saturated rings. The van der Waals surface area contributed by atoms with Crippen molar-refractivity contribution in [3.8, 4) is 0 Å². The van der Waals surface area contributed by atoms with E-state index in [9.17, 15) is 15.0 Å². The molecule has 3 rings (SSSR count). The van der Waals surface area contributed by atoms with Crippen LogP contribution in [0.4, 0.5) is 0 Å². The number of carboxylic acids is 1. The second-order valence-corrected chi connectivity index (χ2v) is 9.30. The number of aliphatic carboxylic acids is 1. The molecule has 2 heterocycles. The maximum Gasteiger partial charge on any atom is 0.312 e. The first-order valence-electron chi connectivity index (χ1n) is 8.38. The maximum atomic E-state index is 12.0. The minimum atomic E-state index is -1.01. The highest BCUT2D eigenvalue weighted by molar-refractivity contribution is 7.99. The van der Waals surface area contributed by atoms with Gasteiger partial charge in [-0.1, -0.05) is 11.1 Å². The van der Waals surface area contributed by atoms with Gasteiger partial charge in [0.05, 0.1) is 11.0 Å². The van der Waals surface area contributed by atoms with E-state index in [2.05, 4.69) is 0 Å². The van der Waals surface area contributed by atoms with Gasteiger partial charge in [0.2, 0.25) is 0 Å². The second-order valence-electron chi connectivity index (χ2n) is 6.85. The Labute approximate surface area is 141 Å². The largest absolute Gasteiger partial charge is 0.481 e. The molecule has 0 spiro atoms. The first-order valence-corrected chi connectivity index (χ1v) is 10.7. The topological polar surface area (TPSA) is 57.5 Å². The summed E-state index contributed by atoms with van der Waals surface area (Å²) in [5, 5.41) is 21.1. The van der Waals surface area contributed by atoms with Crippen molar-refractivity contribution in [1.29, 1.82) is 0 Å². The summed E-state index contributed by atoms with van der Waals surface area (Å²) in [6.07, 6.45) is 6.69. The van der Waals surface area contributed by atoms with Crippen LogP contribution in [-0.2, 0) is 4.79 Å². The summed E-state index contributed by atoms with van der Waals surface area (Å²) >= 11 is 3.84. The van der Waals surface area contributed by atoms with Crippen molar-refractivity contribution in [3.63, 3.8) is 0 Å². The van der Waals surface area contributed by atoms with E-state index in [1.165, 1.54) is 29.9 Å². The SMILES string of the molecule is O=C(O)C1(C2(O)CCC(=C3CCSCC3)CC2)CCSCC1. The number of carboxylic acid groups (broad SMARTS) is 1. The summed E-state index contributed by atoms with van der Waals surface area (Å²) in [5.41, 5.74) is 1.21. The van der Waals surface area contributed by atoms with Crippen LogP contribution in [0.3, 0.4) is 0 Å². The smallest absolute Gasteiger partial charge is 0.312 e. The molecular weight excluding hydrogens is 316 g/mol. The molecule has 0 aromatic heterocycles. The molecule has 2 aliphatic heterocycles. The number of thioether (sulfide) groups is 2. The molecule has 22 heavy (non-hydrogen) atoms. The lowest BCUT2D eigenvalue weighted by molar-refractivity contribution is -0.175. The van der Waals surface area contributed by atoms with Gasteiger partial charge in [0.15, 0.2) is 0 Å². The van der Waals surface area contributed by atoms with Gasteiger partial charge in [-0.05, 0) is 74.4 Å². The maximum absolute atomic E-state index is 12.0. The third kappa shape index (κ3) is 2.96. The first kappa shape index (κ1) is 16.7. The summed E-state index contributed by atoms with van der Waals surface area (Å²) in [6, 6.07) is 0. The summed E-state index contributed by atoms with van der Waals surface area (Å²) in [7, 11) is 0. The number of carbonyl (C=O) groups is 1. The van der Waals surface area contributed by atoms with E-state index >= 15 is 0 Å². The van der Waals surface area contributed by atoms with E-state index in [1.54, 1.807) is 5.57 Å². The van der Waals surface area contributed by atoms with Crippen molar-refractivity contribution in [3.05, 3.63) is 11.1 Å². The molecule has 2 saturated heterocycles. The first-order chi connectivity index (χ1) is 10.6. The zero-order valence-electron chi connectivity index (χ0n) is 13.1. The highest BCUT2D eigenvalue weighted by Gasteiger charge is 2.56. The van der Waals surface area contributed by atoms with Crippen LogP contribution in [0.15, 0.2) is 11.1 Å². The lowest BCUT2D eigenvalue weighted by atomic mass is 9.61. The minimum absolute atomic E-state index is 0.617. The Balaban J connectivity index is 1.76. The van der Waals surface area contributed by atoms with E-state index in [0.717, 1.165) is 24.3 Å². The molecule has 0 atom stereocenters. The zero-order valence-corrected chi connectivity index (χ0v) is 14.7. The van der Waals surface area contributed by atoms with Crippen LogP contribution >= 0.6 is 23.5 Å². The average molecular weight is 343 g/mol. The van der Waals surface area contributed by atoms with Crippen molar-refractivity contribution in [2.45, 2.75) is 57.0 Å².